The van der Waals surface area contributed by atoms with Crippen LogP contribution in [0.3, 0.4) is 0 Å². The summed E-state index contributed by atoms with van der Waals surface area (Å²) in [5.41, 5.74) is 3.53. The second-order valence-corrected chi connectivity index (χ2v) is 6.47. The molecule has 0 saturated carbocycles. The predicted octanol–water partition coefficient (Wildman–Crippen LogP) is 5.30. The number of hydrogen-bond donors (Lipinski definition) is 0. The quantitative estimate of drug-likeness (QED) is 0.503. The Morgan fingerprint density at radius 2 is 1.54 bits per heavy atom. The number of pyridine rings is 1. The summed E-state index contributed by atoms with van der Waals surface area (Å²) in [4.78, 5) is 4.60. The molecule has 0 amide bonds. The molecule has 26 heavy (non-hydrogen) atoms. The lowest BCUT2D eigenvalue weighted by Crippen LogP contribution is -1.98. The van der Waals surface area contributed by atoms with Gasteiger partial charge >= 0.3 is 0 Å². The van der Waals surface area contributed by atoms with Gasteiger partial charge in [-0.15, -0.1) is 0 Å². The lowest BCUT2D eigenvalue weighted by molar-refractivity contribution is 0.356. The van der Waals surface area contributed by atoms with Crippen LogP contribution in [0.25, 0.3) is 21.5 Å². The fraction of sp³-hybridized carbons (Fsp3) is 0.174. The third kappa shape index (κ3) is 2.86. The number of rotatable bonds is 4. The van der Waals surface area contributed by atoms with E-state index in [2.05, 4.69) is 60.4 Å². The highest BCUT2D eigenvalue weighted by molar-refractivity contribution is 5.89. The Labute approximate surface area is 153 Å². The molecule has 0 unspecified atom stereocenters. The Bertz CT molecular complexity index is 1100. The van der Waals surface area contributed by atoms with Crippen molar-refractivity contribution in [2.75, 3.05) is 14.2 Å². The number of ether oxygens (including phenoxy) is 2. The summed E-state index contributed by atoms with van der Waals surface area (Å²) >= 11 is 0. The summed E-state index contributed by atoms with van der Waals surface area (Å²) in [6.45, 7) is 2.06. The molecule has 0 aliphatic carbocycles. The second kappa shape index (κ2) is 6.68. The van der Waals surface area contributed by atoms with Crippen LogP contribution in [0.1, 0.15) is 16.8 Å². The molecular weight excluding hydrogens is 322 g/mol. The number of benzene rings is 3. The molecule has 0 spiro atoms. The molecule has 0 bridgehead atoms. The summed E-state index contributed by atoms with van der Waals surface area (Å²) in [5.74, 6) is 1.47. The van der Waals surface area contributed by atoms with Crippen LogP contribution in [-0.2, 0) is 6.42 Å². The van der Waals surface area contributed by atoms with Crippen molar-refractivity contribution in [1.29, 1.82) is 0 Å². The molecule has 0 aliphatic heterocycles. The Morgan fingerprint density at radius 3 is 2.31 bits per heavy atom. The van der Waals surface area contributed by atoms with Crippen molar-refractivity contribution in [2.24, 2.45) is 0 Å². The number of aryl methyl sites for hydroxylation is 1. The number of aromatic nitrogens is 1. The van der Waals surface area contributed by atoms with Gasteiger partial charge in [0.2, 0.25) is 0 Å². The van der Waals surface area contributed by atoms with Gasteiger partial charge in [0.15, 0.2) is 11.5 Å². The van der Waals surface area contributed by atoms with Gasteiger partial charge in [0.1, 0.15) is 0 Å². The van der Waals surface area contributed by atoms with Gasteiger partial charge in [-0.05, 0) is 52.8 Å². The molecule has 130 valence electrons. The summed E-state index contributed by atoms with van der Waals surface area (Å²) in [5, 5.41) is 4.73. The van der Waals surface area contributed by atoms with Gasteiger partial charge in [0, 0.05) is 17.3 Å². The third-order valence-corrected chi connectivity index (χ3v) is 4.91. The van der Waals surface area contributed by atoms with Gasteiger partial charge in [-0.25, -0.2) is 0 Å². The van der Waals surface area contributed by atoms with Crippen LogP contribution in [0, 0.1) is 6.92 Å². The van der Waals surface area contributed by atoms with Crippen LogP contribution < -0.4 is 9.47 Å². The van der Waals surface area contributed by atoms with Crippen molar-refractivity contribution in [3.8, 4) is 11.5 Å². The Balaban J connectivity index is 1.84. The minimum atomic E-state index is 0.724. The van der Waals surface area contributed by atoms with E-state index >= 15 is 0 Å². The highest BCUT2D eigenvalue weighted by Gasteiger charge is 2.12. The molecule has 3 nitrogen and oxygen atoms in total. The maximum atomic E-state index is 5.50. The van der Waals surface area contributed by atoms with Crippen molar-refractivity contribution in [3.05, 3.63) is 77.6 Å². The van der Waals surface area contributed by atoms with Gasteiger partial charge < -0.3 is 9.47 Å². The van der Waals surface area contributed by atoms with Gasteiger partial charge in [0.05, 0.1) is 14.2 Å². The molecule has 4 aromatic rings. The first-order chi connectivity index (χ1) is 12.7. The molecule has 0 aliphatic rings. The first-order valence-electron chi connectivity index (χ1n) is 8.67. The van der Waals surface area contributed by atoms with E-state index in [-0.39, 0.29) is 0 Å². The summed E-state index contributed by atoms with van der Waals surface area (Å²) in [7, 11) is 3.32. The van der Waals surface area contributed by atoms with Gasteiger partial charge in [-0.1, -0.05) is 42.5 Å². The Morgan fingerprint density at radius 1 is 0.808 bits per heavy atom. The average molecular weight is 343 g/mol. The van der Waals surface area contributed by atoms with E-state index in [1.165, 1.54) is 21.9 Å². The van der Waals surface area contributed by atoms with Crippen LogP contribution >= 0.6 is 0 Å². The molecule has 1 heterocycles. The maximum Gasteiger partial charge on any atom is 0.161 e. The van der Waals surface area contributed by atoms with Crippen molar-refractivity contribution in [3.63, 3.8) is 0 Å². The fourth-order valence-electron chi connectivity index (χ4n) is 3.48. The highest BCUT2D eigenvalue weighted by Crippen LogP contribution is 2.35. The SMILES string of the molecule is COc1cc2cnc(C)c(Cc3ccc4ccccc4c3)c2cc1OC. The van der Waals surface area contributed by atoms with E-state index in [0.717, 1.165) is 34.4 Å². The molecule has 0 fully saturated rings. The Hall–Kier alpha value is -3.07. The first-order valence-corrected chi connectivity index (χ1v) is 8.67. The number of fused-ring (bicyclic) bond motifs is 2. The molecule has 3 heteroatoms. The molecule has 4 rings (SSSR count). The average Bonchev–Trinajstić information content (AvgIpc) is 2.69. The van der Waals surface area contributed by atoms with Crippen LogP contribution in [0.5, 0.6) is 11.5 Å². The van der Waals surface area contributed by atoms with Crippen molar-refractivity contribution in [1.82, 2.24) is 4.98 Å². The summed E-state index contributed by atoms with van der Waals surface area (Å²) in [6, 6.07) is 19.1. The Kier molecular flexibility index (Phi) is 4.21. The molecule has 3 aromatic carbocycles. The zero-order valence-corrected chi connectivity index (χ0v) is 15.2. The highest BCUT2D eigenvalue weighted by atomic mass is 16.5. The van der Waals surface area contributed by atoms with Crippen LogP contribution in [0.4, 0.5) is 0 Å². The van der Waals surface area contributed by atoms with Crippen molar-refractivity contribution in [2.45, 2.75) is 13.3 Å². The van der Waals surface area contributed by atoms with Crippen LogP contribution in [0.2, 0.25) is 0 Å². The third-order valence-electron chi connectivity index (χ3n) is 4.91. The van der Waals surface area contributed by atoms with E-state index < -0.39 is 0 Å². The van der Waals surface area contributed by atoms with E-state index in [0.29, 0.717) is 0 Å². The minimum absolute atomic E-state index is 0.724. The lowest BCUT2D eigenvalue weighted by Gasteiger charge is -2.14. The first kappa shape index (κ1) is 16.4. The monoisotopic (exact) mass is 343 g/mol. The molecule has 0 radical (unpaired) electrons. The molecule has 0 atom stereocenters. The van der Waals surface area contributed by atoms with E-state index in [1.54, 1.807) is 14.2 Å². The molecule has 0 N–H and O–H groups in total. The topological polar surface area (TPSA) is 31.4 Å². The normalized spacial score (nSPS) is 11.0. The van der Waals surface area contributed by atoms with Crippen molar-refractivity contribution >= 4 is 21.5 Å². The number of nitrogens with zero attached hydrogens (tertiary/aromatic N) is 1. The minimum Gasteiger partial charge on any atom is -0.493 e. The second-order valence-electron chi connectivity index (χ2n) is 6.47. The summed E-state index contributed by atoms with van der Waals surface area (Å²) in [6.07, 6.45) is 2.73. The fourth-order valence-corrected chi connectivity index (χ4v) is 3.48. The van der Waals surface area contributed by atoms with E-state index in [9.17, 15) is 0 Å². The van der Waals surface area contributed by atoms with Gasteiger partial charge in [-0.3, -0.25) is 4.98 Å². The maximum absolute atomic E-state index is 5.50. The molecule has 1 aromatic heterocycles. The molecular formula is C23H21NO2. The molecule has 0 saturated heterocycles. The predicted molar refractivity (Wildman–Crippen MR) is 106 cm³/mol. The number of hydrogen-bond acceptors (Lipinski definition) is 3. The van der Waals surface area contributed by atoms with E-state index in [4.69, 9.17) is 9.47 Å². The lowest BCUT2D eigenvalue weighted by atomic mass is 9.96. The largest absolute Gasteiger partial charge is 0.493 e. The number of methoxy groups -OCH3 is 2. The zero-order chi connectivity index (χ0) is 18.1. The van der Waals surface area contributed by atoms with Crippen LogP contribution in [-0.4, -0.2) is 19.2 Å². The van der Waals surface area contributed by atoms with Gasteiger partial charge in [0.25, 0.3) is 0 Å². The van der Waals surface area contributed by atoms with E-state index in [1.807, 2.05) is 12.3 Å². The summed E-state index contributed by atoms with van der Waals surface area (Å²) < 4.78 is 10.9. The van der Waals surface area contributed by atoms with Crippen molar-refractivity contribution < 1.29 is 9.47 Å². The standard InChI is InChI=1S/C23H21NO2/c1-15-20(11-16-8-9-17-6-4-5-7-18(17)10-16)21-13-23(26-3)22(25-2)12-19(21)14-24-15/h4-10,12-14H,11H2,1-3H3. The van der Waals surface area contributed by atoms with Crippen LogP contribution in [0.15, 0.2) is 60.8 Å². The van der Waals surface area contributed by atoms with Gasteiger partial charge in [-0.2, -0.15) is 0 Å². The zero-order valence-electron chi connectivity index (χ0n) is 15.2. The smallest absolute Gasteiger partial charge is 0.161 e.